The van der Waals surface area contributed by atoms with Crippen molar-refractivity contribution in [1.82, 2.24) is 0 Å². The third-order valence-electron chi connectivity index (χ3n) is 2.61. The van der Waals surface area contributed by atoms with Crippen LogP contribution < -0.4 is 0 Å². The Morgan fingerprint density at radius 2 is 2.00 bits per heavy atom. The normalized spacial score (nSPS) is 12.3. The van der Waals surface area contributed by atoms with Gasteiger partial charge in [0.25, 0.3) is 0 Å². The van der Waals surface area contributed by atoms with Gasteiger partial charge in [-0.1, -0.05) is 30.3 Å². The van der Waals surface area contributed by atoms with Crippen molar-refractivity contribution in [2.45, 2.75) is 32.1 Å². The molecule has 0 saturated heterocycles. The predicted molar refractivity (Wildman–Crippen MR) is 83.1 cm³/mol. The summed E-state index contributed by atoms with van der Waals surface area (Å²) >= 11 is 1.84. The summed E-state index contributed by atoms with van der Waals surface area (Å²) in [7, 11) is 0. The summed E-state index contributed by atoms with van der Waals surface area (Å²) in [6.07, 6.45) is 2.80. The molecule has 0 N–H and O–H groups in total. The third kappa shape index (κ3) is 5.98. The van der Waals surface area contributed by atoms with Crippen molar-refractivity contribution in [3.8, 4) is 0 Å². The predicted octanol–water partition coefficient (Wildman–Crippen LogP) is 4.53. The average molecular weight is 394 g/mol. The van der Waals surface area contributed by atoms with E-state index in [9.17, 15) is 13.6 Å². The molecule has 0 aliphatic rings. The minimum atomic E-state index is -3.54. The molecule has 1 aromatic rings. The van der Waals surface area contributed by atoms with Crippen LogP contribution in [0.5, 0.6) is 0 Å². The van der Waals surface area contributed by atoms with Gasteiger partial charge in [0.1, 0.15) is 0 Å². The molecule has 0 fully saturated rings. The first-order valence-electron chi connectivity index (χ1n) is 6.42. The Hall–Kier alpha value is -0.980. The highest BCUT2D eigenvalue weighted by Gasteiger charge is 2.38. The molecular formula is C15H17F2IO2. The number of aryl methyl sites for hydroxylation is 1. The molecule has 0 radical (unpaired) electrons. The molecule has 0 aliphatic heterocycles. The highest BCUT2D eigenvalue weighted by atomic mass is 127. The Balaban J connectivity index is 2.47. The number of hydrogen-bond acceptors (Lipinski definition) is 2. The van der Waals surface area contributed by atoms with E-state index in [0.29, 0.717) is 16.1 Å². The summed E-state index contributed by atoms with van der Waals surface area (Å²) < 4.78 is 31.7. The highest BCUT2D eigenvalue weighted by molar-refractivity contribution is 14.1. The summed E-state index contributed by atoms with van der Waals surface area (Å²) in [5.74, 6) is -5.03. The Morgan fingerprint density at radius 3 is 2.60 bits per heavy atom. The van der Waals surface area contributed by atoms with Crippen LogP contribution in [0.1, 0.15) is 25.3 Å². The standard InChI is InChI=1S/C15H17F2IO2/c1-2-20-14(19)15(16,17)11-13(18)10-6-9-12-7-4-3-5-8-12/h3-5,7-8,11H,2,6,9-10H2,1H3/b13-11+. The van der Waals surface area contributed by atoms with E-state index in [1.165, 1.54) is 12.5 Å². The van der Waals surface area contributed by atoms with E-state index < -0.39 is 11.9 Å². The molecule has 0 atom stereocenters. The molecule has 5 heteroatoms. The van der Waals surface area contributed by atoms with Crippen molar-refractivity contribution in [2.75, 3.05) is 6.61 Å². The second-order valence-electron chi connectivity index (χ2n) is 4.27. The number of hydrogen-bond donors (Lipinski definition) is 0. The van der Waals surface area contributed by atoms with Gasteiger partial charge in [0.2, 0.25) is 0 Å². The lowest BCUT2D eigenvalue weighted by Crippen LogP contribution is -2.28. The molecule has 0 saturated carbocycles. The number of carbonyl (C=O) groups excluding carboxylic acids is 1. The second kappa shape index (κ2) is 8.34. The van der Waals surface area contributed by atoms with Crippen LogP contribution in [0, 0.1) is 0 Å². The van der Waals surface area contributed by atoms with Crippen LogP contribution >= 0.6 is 22.6 Å². The molecule has 0 bridgehead atoms. The number of carbonyl (C=O) groups is 1. The van der Waals surface area contributed by atoms with Crippen LogP contribution in [-0.4, -0.2) is 18.5 Å². The first kappa shape index (κ1) is 17.1. The second-order valence-corrected chi connectivity index (χ2v) is 5.66. The van der Waals surface area contributed by atoms with Crippen molar-refractivity contribution in [3.05, 3.63) is 45.6 Å². The summed E-state index contributed by atoms with van der Waals surface area (Å²) in [4.78, 5) is 11.1. The first-order chi connectivity index (χ1) is 9.45. The minimum Gasteiger partial charge on any atom is -0.461 e. The molecule has 2 nitrogen and oxygen atoms in total. The molecule has 0 aliphatic carbocycles. The van der Waals surface area contributed by atoms with Gasteiger partial charge in [-0.25, -0.2) is 4.79 Å². The summed E-state index contributed by atoms with van der Waals surface area (Å²) in [6, 6.07) is 9.84. The van der Waals surface area contributed by atoms with Crippen LogP contribution in [0.25, 0.3) is 0 Å². The minimum absolute atomic E-state index is 0.0488. The van der Waals surface area contributed by atoms with Crippen LogP contribution in [0.3, 0.4) is 0 Å². The van der Waals surface area contributed by atoms with E-state index in [4.69, 9.17) is 0 Å². The summed E-state index contributed by atoms with van der Waals surface area (Å²) in [5, 5.41) is 0. The molecule has 0 unspecified atom stereocenters. The fourth-order valence-corrected chi connectivity index (χ4v) is 2.43. The zero-order valence-electron chi connectivity index (χ0n) is 11.2. The van der Waals surface area contributed by atoms with Crippen LogP contribution in [0.2, 0.25) is 0 Å². The van der Waals surface area contributed by atoms with Gasteiger partial charge in [0, 0.05) is 6.08 Å². The van der Waals surface area contributed by atoms with Gasteiger partial charge in [0.05, 0.1) is 6.61 Å². The lowest BCUT2D eigenvalue weighted by atomic mass is 10.1. The molecule has 1 rings (SSSR count). The van der Waals surface area contributed by atoms with Gasteiger partial charge in [0.15, 0.2) is 0 Å². The zero-order valence-corrected chi connectivity index (χ0v) is 13.4. The number of rotatable bonds is 7. The van der Waals surface area contributed by atoms with Crippen molar-refractivity contribution < 1.29 is 18.3 Å². The van der Waals surface area contributed by atoms with Gasteiger partial charge in [-0.15, -0.1) is 0 Å². The van der Waals surface area contributed by atoms with Crippen LogP contribution in [-0.2, 0) is 16.0 Å². The first-order valence-corrected chi connectivity index (χ1v) is 7.49. The Labute approximate surface area is 131 Å². The van der Waals surface area contributed by atoms with E-state index in [-0.39, 0.29) is 6.61 Å². The third-order valence-corrected chi connectivity index (χ3v) is 3.46. The maximum Gasteiger partial charge on any atom is 0.381 e. The van der Waals surface area contributed by atoms with Crippen LogP contribution in [0.15, 0.2) is 40.0 Å². The van der Waals surface area contributed by atoms with Gasteiger partial charge in [-0.05, 0) is 57.9 Å². The molecule has 0 heterocycles. The van der Waals surface area contributed by atoms with E-state index in [1.807, 2.05) is 52.9 Å². The van der Waals surface area contributed by atoms with E-state index >= 15 is 0 Å². The monoisotopic (exact) mass is 394 g/mol. The number of halogens is 3. The molecule has 20 heavy (non-hydrogen) atoms. The van der Waals surface area contributed by atoms with E-state index in [2.05, 4.69) is 4.74 Å². The fourth-order valence-electron chi connectivity index (χ4n) is 1.66. The smallest absolute Gasteiger partial charge is 0.381 e. The number of esters is 1. The summed E-state index contributed by atoms with van der Waals surface area (Å²) in [5.41, 5.74) is 1.17. The highest BCUT2D eigenvalue weighted by Crippen LogP contribution is 2.25. The van der Waals surface area contributed by atoms with Crippen molar-refractivity contribution in [3.63, 3.8) is 0 Å². The SMILES string of the molecule is CCOC(=O)C(F)(F)/C=C(/I)CCCc1ccccc1. The molecule has 1 aromatic carbocycles. The van der Waals surface area contributed by atoms with Gasteiger partial charge in [-0.3, -0.25) is 0 Å². The van der Waals surface area contributed by atoms with Gasteiger partial charge >= 0.3 is 11.9 Å². The maximum absolute atomic E-state index is 13.4. The van der Waals surface area contributed by atoms with Crippen molar-refractivity contribution >= 4 is 28.6 Å². The van der Waals surface area contributed by atoms with Crippen LogP contribution in [0.4, 0.5) is 8.78 Å². The number of alkyl halides is 2. The molecule has 0 aromatic heterocycles. The number of allylic oxidation sites excluding steroid dienone is 1. The van der Waals surface area contributed by atoms with Crippen molar-refractivity contribution in [2.24, 2.45) is 0 Å². The lowest BCUT2D eigenvalue weighted by Gasteiger charge is -2.11. The Kier molecular flexibility index (Phi) is 7.12. The molecule has 0 amide bonds. The van der Waals surface area contributed by atoms with Crippen molar-refractivity contribution in [1.29, 1.82) is 0 Å². The molecule has 110 valence electrons. The molecule has 0 spiro atoms. The topological polar surface area (TPSA) is 26.3 Å². The number of benzene rings is 1. The van der Waals surface area contributed by atoms with E-state index in [0.717, 1.165) is 12.8 Å². The van der Waals surface area contributed by atoms with Gasteiger partial charge in [-0.2, -0.15) is 8.78 Å². The quantitative estimate of drug-likeness (QED) is 0.502. The molecular weight excluding hydrogens is 377 g/mol. The van der Waals surface area contributed by atoms with E-state index in [1.54, 1.807) is 0 Å². The lowest BCUT2D eigenvalue weighted by molar-refractivity contribution is -0.164. The maximum atomic E-state index is 13.4. The Bertz CT molecular complexity index is 458. The Morgan fingerprint density at radius 1 is 1.35 bits per heavy atom. The average Bonchev–Trinajstić information content (AvgIpc) is 2.39. The summed E-state index contributed by atoms with van der Waals surface area (Å²) in [6.45, 7) is 1.45. The zero-order chi connectivity index (χ0) is 15.0. The fraction of sp³-hybridized carbons (Fsp3) is 0.400. The van der Waals surface area contributed by atoms with Gasteiger partial charge < -0.3 is 4.74 Å². The largest absolute Gasteiger partial charge is 0.461 e. The number of ether oxygens (including phenoxy) is 1.